The summed E-state index contributed by atoms with van der Waals surface area (Å²) in [5.74, 6) is -0.318. The van der Waals surface area contributed by atoms with Crippen molar-refractivity contribution in [3.8, 4) is 0 Å². The lowest BCUT2D eigenvalue weighted by molar-refractivity contribution is 0.0972. The van der Waals surface area contributed by atoms with Gasteiger partial charge in [0.25, 0.3) is 6.43 Å². The largest absolute Gasteiger partial charge is 0.261 e. The molecule has 0 aromatic carbocycles. The Labute approximate surface area is 58.0 Å². The van der Waals surface area contributed by atoms with Crippen molar-refractivity contribution >= 4 is 6.08 Å². The molecule has 0 spiro atoms. The Hall–Kier alpha value is -0.760. The van der Waals surface area contributed by atoms with E-state index in [-0.39, 0.29) is 5.92 Å². The first-order valence-corrected chi connectivity index (χ1v) is 2.94. The van der Waals surface area contributed by atoms with Gasteiger partial charge in [0.1, 0.15) is 6.04 Å². The van der Waals surface area contributed by atoms with Gasteiger partial charge >= 0.3 is 0 Å². The average molecular weight is 149 g/mol. The van der Waals surface area contributed by atoms with Gasteiger partial charge in [-0.3, -0.25) is 0 Å². The summed E-state index contributed by atoms with van der Waals surface area (Å²) in [6.45, 7) is 3.16. The number of isocyanates is 1. The van der Waals surface area contributed by atoms with Crippen molar-refractivity contribution in [2.24, 2.45) is 10.9 Å². The average Bonchev–Trinajstić information content (AvgIpc) is 1.81. The van der Waals surface area contributed by atoms with Crippen LogP contribution >= 0.6 is 0 Å². The number of hydrogen-bond donors (Lipinski definition) is 0. The molecular weight excluding hydrogens is 140 g/mol. The lowest BCUT2D eigenvalue weighted by Gasteiger charge is -2.11. The van der Waals surface area contributed by atoms with Crippen LogP contribution in [-0.4, -0.2) is 18.5 Å². The number of hydrogen-bond acceptors (Lipinski definition) is 2. The molecule has 0 aromatic heterocycles. The standard InChI is InChI=1S/C6H9F2NO/c1-4(2)5(6(7)8)9-3-10/h4-6H,1-2H3. The smallest absolute Gasteiger partial charge is 0.211 e. The molecule has 0 heterocycles. The molecule has 0 aliphatic carbocycles. The Balaban J connectivity index is 4.11. The zero-order valence-corrected chi connectivity index (χ0v) is 5.84. The second-order valence-corrected chi connectivity index (χ2v) is 2.29. The van der Waals surface area contributed by atoms with Crippen molar-refractivity contribution in [1.29, 1.82) is 0 Å². The van der Waals surface area contributed by atoms with Gasteiger partial charge in [-0.2, -0.15) is 4.99 Å². The third-order valence-corrected chi connectivity index (χ3v) is 1.14. The van der Waals surface area contributed by atoms with E-state index in [0.29, 0.717) is 0 Å². The molecule has 58 valence electrons. The van der Waals surface area contributed by atoms with Crippen molar-refractivity contribution in [2.45, 2.75) is 26.3 Å². The predicted octanol–water partition coefficient (Wildman–Crippen LogP) is 1.61. The van der Waals surface area contributed by atoms with Gasteiger partial charge < -0.3 is 0 Å². The molecule has 10 heavy (non-hydrogen) atoms. The van der Waals surface area contributed by atoms with Crippen LogP contribution in [0.15, 0.2) is 4.99 Å². The van der Waals surface area contributed by atoms with Gasteiger partial charge in [-0.05, 0) is 5.92 Å². The predicted molar refractivity (Wildman–Crippen MR) is 32.8 cm³/mol. The van der Waals surface area contributed by atoms with Crippen LogP contribution in [0.5, 0.6) is 0 Å². The molecule has 0 amide bonds. The first-order valence-electron chi connectivity index (χ1n) is 2.94. The summed E-state index contributed by atoms with van der Waals surface area (Å²) in [4.78, 5) is 12.6. The van der Waals surface area contributed by atoms with E-state index >= 15 is 0 Å². The zero-order chi connectivity index (χ0) is 8.15. The topological polar surface area (TPSA) is 29.4 Å². The van der Waals surface area contributed by atoms with E-state index in [1.54, 1.807) is 13.8 Å². The number of aliphatic imine (C=N–C) groups is 1. The van der Waals surface area contributed by atoms with E-state index in [1.165, 1.54) is 0 Å². The minimum absolute atomic E-state index is 0.318. The first-order chi connectivity index (χ1) is 4.59. The van der Waals surface area contributed by atoms with Gasteiger partial charge in [0.2, 0.25) is 6.08 Å². The maximum Gasteiger partial charge on any atom is 0.261 e. The molecule has 1 atom stereocenters. The SMILES string of the molecule is CC(C)C(N=C=O)C(F)F. The molecule has 0 N–H and O–H groups in total. The quantitative estimate of drug-likeness (QED) is 0.442. The highest BCUT2D eigenvalue weighted by atomic mass is 19.3. The van der Waals surface area contributed by atoms with Gasteiger partial charge in [-0.1, -0.05) is 13.8 Å². The lowest BCUT2D eigenvalue weighted by atomic mass is 10.1. The highest BCUT2D eigenvalue weighted by Crippen LogP contribution is 2.13. The van der Waals surface area contributed by atoms with Gasteiger partial charge in [0.05, 0.1) is 0 Å². The van der Waals surface area contributed by atoms with E-state index in [9.17, 15) is 13.6 Å². The minimum atomic E-state index is -2.57. The molecule has 0 aliphatic heterocycles. The Morgan fingerprint density at radius 1 is 1.40 bits per heavy atom. The summed E-state index contributed by atoms with van der Waals surface area (Å²) < 4.78 is 23.7. The van der Waals surface area contributed by atoms with Crippen LogP contribution in [-0.2, 0) is 4.79 Å². The Kier molecular flexibility index (Phi) is 3.81. The van der Waals surface area contributed by atoms with Crippen molar-refractivity contribution in [2.75, 3.05) is 0 Å². The molecule has 0 saturated heterocycles. The third kappa shape index (κ3) is 2.69. The van der Waals surface area contributed by atoms with E-state index < -0.39 is 12.5 Å². The van der Waals surface area contributed by atoms with Crippen LogP contribution in [0, 0.1) is 5.92 Å². The number of alkyl halides is 2. The van der Waals surface area contributed by atoms with Crippen LogP contribution in [0.1, 0.15) is 13.8 Å². The number of carbonyl (C=O) groups excluding carboxylic acids is 1. The van der Waals surface area contributed by atoms with Crippen molar-refractivity contribution in [1.82, 2.24) is 0 Å². The molecule has 0 radical (unpaired) electrons. The van der Waals surface area contributed by atoms with E-state index in [2.05, 4.69) is 4.99 Å². The fourth-order valence-electron chi connectivity index (χ4n) is 0.557. The maximum absolute atomic E-state index is 11.9. The Morgan fingerprint density at radius 3 is 2.00 bits per heavy atom. The van der Waals surface area contributed by atoms with E-state index in [4.69, 9.17) is 0 Å². The number of nitrogens with zero attached hydrogens (tertiary/aromatic N) is 1. The zero-order valence-electron chi connectivity index (χ0n) is 5.84. The van der Waals surface area contributed by atoms with E-state index in [1.807, 2.05) is 0 Å². The summed E-state index contributed by atoms with van der Waals surface area (Å²) >= 11 is 0. The minimum Gasteiger partial charge on any atom is -0.211 e. The summed E-state index contributed by atoms with van der Waals surface area (Å²) in [5.41, 5.74) is 0. The van der Waals surface area contributed by atoms with Gasteiger partial charge in [0, 0.05) is 0 Å². The summed E-state index contributed by atoms with van der Waals surface area (Å²) in [5, 5.41) is 0. The summed E-state index contributed by atoms with van der Waals surface area (Å²) in [6, 6.07) is -1.20. The summed E-state index contributed by atoms with van der Waals surface area (Å²) in [7, 11) is 0. The van der Waals surface area contributed by atoms with E-state index in [0.717, 1.165) is 6.08 Å². The van der Waals surface area contributed by atoms with Crippen LogP contribution in [0.4, 0.5) is 8.78 Å². The van der Waals surface area contributed by atoms with Crippen LogP contribution < -0.4 is 0 Å². The van der Waals surface area contributed by atoms with Crippen LogP contribution in [0.3, 0.4) is 0 Å². The van der Waals surface area contributed by atoms with Gasteiger partial charge in [0.15, 0.2) is 0 Å². The number of rotatable bonds is 3. The Morgan fingerprint density at radius 2 is 1.90 bits per heavy atom. The molecule has 2 nitrogen and oxygen atoms in total. The lowest BCUT2D eigenvalue weighted by Crippen LogP contribution is -2.21. The highest BCUT2D eigenvalue weighted by Gasteiger charge is 2.22. The molecule has 0 bridgehead atoms. The molecule has 0 rings (SSSR count). The molecular formula is C6H9F2NO. The molecule has 0 aliphatic rings. The highest BCUT2D eigenvalue weighted by molar-refractivity contribution is 5.33. The second kappa shape index (κ2) is 4.12. The van der Waals surface area contributed by atoms with Crippen LogP contribution in [0.2, 0.25) is 0 Å². The van der Waals surface area contributed by atoms with Crippen LogP contribution in [0.25, 0.3) is 0 Å². The van der Waals surface area contributed by atoms with Gasteiger partial charge in [-0.25, -0.2) is 13.6 Å². The first kappa shape index (κ1) is 9.24. The molecule has 1 unspecified atom stereocenters. The maximum atomic E-state index is 11.9. The second-order valence-electron chi connectivity index (χ2n) is 2.29. The summed E-state index contributed by atoms with van der Waals surface area (Å²) in [6.07, 6.45) is -1.44. The van der Waals surface area contributed by atoms with Crippen molar-refractivity contribution < 1.29 is 13.6 Å². The van der Waals surface area contributed by atoms with Crippen molar-refractivity contribution in [3.05, 3.63) is 0 Å². The molecule has 4 heteroatoms. The molecule has 0 fully saturated rings. The normalized spacial score (nSPS) is 13.4. The molecule has 0 aromatic rings. The van der Waals surface area contributed by atoms with Gasteiger partial charge in [-0.15, -0.1) is 0 Å². The monoisotopic (exact) mass is 149 g/mol. The van der Waals surface area contributed by atoms with Crippen molar-refractivity contribution in [3.63, 3.8) is 0 Å². The Bertz CT molecular complexity index is 133. The fraction of sp³-hybridized carbons (Fsp3) is 0.833. The number of halogens is 2. The fourth-order valence-corrected chi connectivity index (χ4v) is 0.557. The molecule has 0 saturated carbocycles. The third-order valence-electron chi connectivity index (χ3n) is 1.14.